The van der Waals surface area contributed by atoms with Gasteiger partial charge in [0.1, 0.15) is 23.9 Å². The number of ether oxygens (including phenoxy) is 2. The summed E-state index contributed by atoms with van der Waals surface area (Å²) in [6, 6.07) is 25.2. The number of anilines is 1. The van der Waals surface area contributed by atoms with Crippen LogP contribution in [0.25, 0.3) is 5.00 Å². The monoisotopic (exact) mass is 668 g/mol. The van der Waals surface area contributed by atoms with Crippen LogP contribution >= 0.6 is 22.9 Å². The van der Waals surface area contributed by atoms with Gasteiger partial charge in [-0.3, -0.25) is 14.4 Å². The summed E-state index contributed by atoms with van der Waals surface area (Å²) in [6.45, 7) is 2.50. The number of para-hydroxylation sites is 2. The van der Waals surface area contributed by atoms with E-state index in [1.807, 2.05) is 65.2 Å². The Morgan fingerprint density at radius 1 is 1.00 bits per heavy atom. The van der Waals surface area contributed by atoms with Gasteiger partial charge in [-0.05, 0) is 42.7 Å². The number of halogens is 1. The maximum absolute atomic E-state index is 13.5. The molecule has 1 atom stereocenters. The summed E-state index contributed by atoms with van der Waals surface area (Å²) in [5.41, 5.74) is 3.88. The highest BCUT2D eigenvalue weighted by Crippen LogP contribution is 2.36. The number of benzene rings is 3. The van der Waals surface area contributed by atoms with Crippen molar-refractivity contribution in [2.24, 2.45) is 4.99 Å². The zero-order valence-electron chi connectivity index (χ0n) is 25.9. The second-order valence-electron chi connectivity index (χ2n) is 10.8. The number of rotatable bonds is 11. The normalized spacial score (nSPS) is 12.6. The molecule has 2 aromatic heterocycles. The van der Waals surface area contributed by atoms with Crippen LogP contribution in [0.2, 0.25) is 5.02 Å². The van der Waals surface area contributed by atoms with Crippen molar-refractivity contribution >= 4 is 46.3 Å². The molecule has 0 saturated carbocycles. The molecule has 1 aliphatic heterocycles. The Bertz CT molecular complexity index is 1920. The lowest BCUT2D eigenvalue weighted by Gasteiger charge is -2.20. The molecule has 0 bridgehead atoms. The van der Waals surface area contributed by atoms with Gasteiger partial charge in [0.25, 0.3) is 0 Å². The molecule has 47 heavy (non-hydrogen) atoms. The van der Waals surface area contributed by atoms with Gasteiger partial charge < -0.3 is 20.1 Å². The second kappa shape index (κ2) is 14.6. The molecule has 2 N–H and O–H groups in total. The van der Waals surface area contributed by atoms with Crippen molar-refractivity contribution in [1.82, 2.24) is 20.1 Å². The number of hydrogen-bond donors (Lipinski definition) is 2. The van der Waals surface area contributed by atoms with Gasteiger partial charge in [0.2, 0.25) is 0 Å². The lowest BCUT2D eigenvalue weighted by atomic mass is 10.0. The van der Waals surface area contributed by atoms with E-state index >= 15 is 0 Å². The number of aryl methyl sites for hydroxylation is 1. The molecule has 0 unspecified atom stereocenters. The summed E-state index contributed by atoms with van der Waals surface area (Å²) < 4.78 is 12.9. The lowest BCUT2D eigenvalue weighted by Crippen LogP contribution is -2.34. The number of urea groups is 1. The number of aromatic nitrogens is 3. The first-order valence-corrected chi connectivity index (χ1v) is 16.4. The first-order valence-electron chi connectivity index (χ1n) is 15.2. The fourth-order valence-electron chi connectivity index (χ4n) is 5.34. The third-order valence-electron chi connectivity index (χ3n) is 7.68. The van der Waals surface area contributed by atoms with Gasteiger partial charge in [0, 0.05) is 27.4 Å². The molecule has 0 saturated heterocycles. The zero-order valence-corrected chi connectivity index (χ0v) is 27.5. The molecular weight excluding hydrogens is 636 g/mol. The maximum Gasteiger partial charge on any atom is 0.319 e. The minimum atomic E-state index is -0.711. The largest absolute Gasteiger partial charge is 0.495 e. The molecule has 10 nitrogen and oxygen atoms in total. The van der Waals surface area contributed by atoms with E-state index in [0.29, 0.717) is 28.1 Å². The summed E-state index contributed by atoms with van der Waals surface area (Å²) in [5.74, 6) is 1.21. The highest BCUT2D eigenvalue weighted by molar-refractivity contribution is 7.15. The van der Waals surface area contributed by atoms with Gasteiger partial charge >= 0.3 is 12.0 Å². The molecule has 12 heteroatoms. The summed E-state index contributed by atoms with van der Waals surface area (Å²) in [6.07, 6.45) is 1.06. The minimum absolute atomic E-state index is 0.0352. The number of fused-ring (bicyclic) bond motifs is 3. The molecule has 0 aliphatic carbocycles. The fourth-order valence-corrected chi connectivity index (χ4v) is 6.69. The van der Waals surface area contributed by atoms with Crippen molar-refractivity contribution in [3.05, 3.63) is 123 Å². The molecule has 3 heterocycles. The molecule has 3 aromatic carbocycles. The van der Waals surface area contributed by atoms with E-state index < -0.39 is 18.0 Å². The summed E-state index contributed by atoms with van der Waals surface area (Å²) in [4.78, 5) is 32.5. The number of aliphatic imine (C=N–C) groups is 1. The van der Waals surface area contributed by atoms with Crippen LogP contribution in [0.3, 0.4) is 0 Å². The lowest BCUT2D eigenvalue weighted by molar-refractivity contribution is -0.145. The number of esters is 1. The molecule has 5 aromatic rings. The number of carbonyl (C=O) groups is 2. The Hall–Kier alpha value is -5.00. The third-order valence-corrected chi connectivity index (χ3v) is 9.28. The van der Waals surface area contributed by atoms with E-state index in [9.17, 15) is 9.59 Å². The molecule has 0 spiro atoms. The standard InChI is InChI=1S/C35H33ClN6O4S/c1-3-23-19-25-32(24-13-7-8-14-26(24)36)37-20-30-40-41-33(42(30)34(25)47-23)28(17-18-31(43)46-21-22-11-5-4-6-12-22)39-35(44)38-27-15-9-10-16-29(27)45-2/h4-16,19,28H,3,17-18,20-21H2,1-2H3,(H2,38,39,44)/t28-/m1/s1. The molecule has 0 radical (unpaired) electrons. The SMILES string of the molecule is CCc1cc2c(s1)-n1c(nnc1[C@@H](CCC(=O)OCc1ccccc1)NC(=O)Nc1ccccc1OC)CN=C2c1ccccc1Cl. The Balaban J connectivity index is 1.33. The number of carbonyl (C=O) groups excluding carboxylic acids is 2. The van der Waals surface area contributed by atoms with E-state index in [0.717, 1.165) is 38.7 Å². The van der Waals surface area contributed by atoms with Crippen molar-refractivity contribution in [3.8, 4) is 10.8 Å². The van der Waals surface area contributed by atoms with E-state index in [-0.39, 0.29) is 26.0 Å². The Labute approximate surface area is 281 Å². The van der Waals surface area contributed by atoms with Gasteiger partial charge in [0.05, 0.1) is 24.6 Å². The number of nitrogens with zero attached hydrogens (tertiary/aromatic N) is 4. The molecule has 0 fully saturated rings. The van der Waals surface area contributed by atoms with E-state index in [2.05, 4.69) is 33.8 Å². The first-order chi connectivity index (χ1) is 22.9. The molecule has 240 valence electrons. The van der Waals surface area contributed by atoms with Gasteiger partial charge in [-0.2, -0.15) is 0 Å². The quantitative estimate of drug-likeness (QED) is 0.143. The van der Waals surface area contributed by atoms with Crippen LogP contribution < -0.4 is 15.4 Å². The fraction of sp³-hybridized carbons (Fsp3) is 0.229. The first kappa shape index (κ1) is 32.0. The smallest absolute Gasteiger partial charge is 0.319 e. The summed E-state index contributed by atoms with van der Waals surface area (Å²) in [7, 11) is 1.54. The van der Waals surface area contributed by atoms with Gasteiger partial charge in [0.15, 0.2) is 11.6 Å². The summed E-state index contributed by atoms with van der Waals surface area (Å²) in [5, 5.41) is 16.4. The second-order valence-corrected chi connectivity index (χ2v) is 12.3. The van der Waals surface area contributed by atoms with Crippen molar-refractivity contribution in [1.29, 1.82) is 0 Å². The minimum Gasteiger partial charge on any atom is -0.495 e. The van der Waals surface area contributed by atoms with Crippen LogP contribution in [0.1, 0.15) is 59.0 Å². The molecule has 6 rings (SSSR count). The Morgan fingerprint density at radius 3 is 2.55 bits per heavy atom. The van der Waals surface area contributed by atoms with Crippen LogP contribution in [0.15, 0.2) is 89.9 Å². The van der Waals surface area contributed by atoms with Crippen LogP contribution in [0, 0.1) is 0 Å². The highest BCUT2D eigenvalue weighted by Gasteiger charge is 2.30. The number of thiophene rings is 1. The van der Waals surface area contributed by atoms with Crippen LogP contribution in [0.4, 0.5) is 10.5 Å². The van der Waals surface area contributed by atoms with Gasteiger partial charge in [-0.25, -0.2) is 4.79 Å². The summed E-state index contributed by atoms with van der Waals surface area (Å²) >= 11 is 8.26. The third kappa shape index (κ3) is 7.21. The van der Waals surface area contributed by atoms with Gasteiger partial charge in [-0.15, -0.1) is 21.5 Å². The zero-order chi connectivity index (χ0) is 32.8. The van der Waals surface area contributed by atoms with Crippen molar-refractivity contribution in [2.45, 2.75) is 45.4 Å². The molecule has 2 amide bonds. The van der Waals surface area contributed by atoms with Crippen LogP contribution in [-0.2, 0) is 29.1 Å². The topological polar surface area (TPSA) is 120 Å². The van der Waals surface area contributed by atoms with Crippen LogP contribution in [-0.4, -0.2) is 39.6 Å². The number of methoxy groups -OCH3 is 1. The predicted octanol–water partition coefficient (Wildman–Crippen LogP) is 7.29. The van der Waals surface area contributed by atoms with E-state index in [1.165, 1.54) is 7.11 Å². The highest BCUT2D eigenvalue weighted by atomic mass is 35.5. The predicted molar refractivity (Wildman–Crippen MR) is 183 cm³/mol. The average molecular weight is 669 g/mol. The van der Waals surface area contributed by atoms with Crippen molar-refractivity contribution in [2.75, 3.05) is 12.4 Å². The molecular formula is C35H33ClN6O4S. The number of nitrogens with one attached hydrogen (secondary N) is 2. The van der Waals surface area contributed by atoms with Crippen molar-refractivity contribution in [3.63, 3.8) is 0 Å². The maximum atomic E-state index is 13.5. The number of amides is 2. The van der Waals surface area contributed by atoms with Crippen molar-refractivity contribution < 1.29 is 19.1 Å². The van der Waals surface area contributed by atoms with E-state index in [4.69, 9.17) is 26.1 Å². The Kier molecular flexibility index (Phi) is 9.94. The number of hydrogen-bond acceptors (Lipinski definition) is 8. The average Bonchev–Trinajstić information content (AvgIpc) is 3.68. The molecule has 1 aliphatic rings. The van der Waals surface area contributed by atoms with Gasteiger partial charge in [-0.1, -0.05) is 79.2 Å². The van der Waals surface area contributed by atoms with E-state index in [1.54, 1.807) is 29.5 Å². The Morgan fingerprint density at radius 2 is 1.77 bits per heavy atom. The van der Waals surface area contributed by atoms with Crippen LogP contribution in [0.5, 0.6) is 5.75 Å².